The number of esters is 4. The van der Waals surface area contributed by atoms with Crippen molar-refractivity contribution in [1.82, 2.24) is 0 Å². The van der Waals surface area contributed by atoms with Gasteiger partial charge in [0.15, 0.2) is 0 Å². The van der Waals surface area contributed by atoms with Crippen LogP contribution in [-0.4, -0.2) is 46.0 Å². The number of aliphatic carboxylic acids is 2. The molecular weight excluding hydrogens is 328 g/mol. The molecule has 0 aliphatic rings. The summed E-state index contributed by atoms with van der Waals surface area (Å²) in [6.45, 7) is 2.19. The Morgan fingerprint density at radius 1 is 0.667 bits per heavy atom. The molecule has 0 unspecified atom stereocenters. The van der Waals surface area contributed by atoms with Gasteiger partial charge >= 0.3 is 35.8 Å². The highest BCUT2D eigenvalue weighted by atomic mass is 16.6. The minimum absolute atomic E-state index is 0.364. The first-order chi connectivity index (χ1) is 11.0. The fourth-order valence-electron chi connectivity index (χ4n) is 1.04. The molecule has 0 bridgehead atoms. The molecule has 0 saturated heterocycles. The SMILES string of the molecule is C/C(=C/C(=O)O)C(=O)OC(=O)/C=C\C(=O)OC(=O)/C(C)=C\C(=O)O. The van der Waals surface area contributed by atoms with Crippen molar-refractivity contribution in [2.45, 2.75) is 13.8 Å². The first-order valence-corrected chi connectivity index (χ1v) is 6.05. The Labute approximate surface area is 134 Å². The Morgan fingerprint density at radius 3 is 1.21 bits per heavy atom. The van der Waals surface area contributed by atoms with Gasteiger partial charge in [-0.15, -0.1) is 0 Å². The maximum absolute atomic E-state index is 11.3. The number of carbonyl (C=O) groups excluding carboxylic acids is 4. The van der Waals surface area contributed by atoms with Gasteiger partial charge in [0.1, 0.15) is 0 Å². The summed E-state index contributed by atoms with van der Waals surface area (Å²) in [4.78, 5) is 65.6. The zero-order valence-corrected chi connectivity index (χ0v) is 12.5. The maximum atomic E-state index is 11.3. The summed E-state index contributed by atoms with van der Waals surface area (Å²) in [5.74, 6) is -7.92. The van der Waals surface area contributed by atoms with Crippen molar-refractivity contribution in [3.8, 4) is 0 Å². The molecule has 10 heteroatoms. The Balaban J connectivity index is 4.63. The lowest BCUT2D eigenvalue weighted by molar-refractivity contribution is -0.156. The minimum Gasteiger partial charge on any atom is -0.478 e. The fraction of sp³-hybridized carbons (Fsp3) is 0.143. The van der Waals surface area contributed by atoms with Crippen LogP contribution in [0.5, 0.6) is 0 Å². The molecule has 0 fully saturated rings. The maximum Gasteiger partial charge on any atom is 0.341 e. The number of carbonyl (C=O) groups is 6. The number of rotatable bonds is 6. The van der Waals surface area contributed by atoms with Gasteiger partial charge in [0.25, 0.3) is 0 Å². The highest BCUT2D eigenvalue weighted by Gasteiger charge is 2.14. The van der Waals surface area contributed by atoms with Crippen molar-refractivity contribution in [2.24, 2.45) is 0 Å². The van der Waals surface area contributed by atoms with Crippen LogP contribution in [0.15, 0.2) is 35.5 Å². The summed E-state index contributed by atoms with van der Waals surface area (Å²) >= 11 is 0. The highest BCUT2D eigenvalue weighted by molar-refractivity contribution is 6.05. The first kappa shape index (κ1) is 20.4. The molecule has 128 valence electrons. The van der Waals surface area contributed by atoms with Gasteiger partial charge in [-0.25, -0.2) is 28.8 Å². The lowest BCUT2D eigenvalue weighted by Gasteiger charge is -2.00. The lowest BCUT2D eigenvalue weighted by Crippen LogP contribution is -2.14. The Bertz CT molecular complexity index is 620. The third kappa shape index (κ3) is 8.67. The third-order valence-corrected chi connectivity index (χ3v) is 2.07. The Morgan fingerprint density at radius 2 is 0.958 bits per heavy atom. The van der Waals surface area contributed by atoms with Crippen molar-refractivity contribution in [3.63, 3.8) is 0 Å². The predicted octanol–water partition coefficient (Wildman–Crippen LogP) is -0.256. The molecule has 24 heavy (non-hydrogen) atoms. The Kier molecular flexibility index (Phi) is 8.05. The predicted molar refractivity (Wildman–Crippen MR) is 74.1 cm³/mol. The average molecular weight is 340 g/mol. The van der Waals surface area contributed by atoms with Crippen LogP contribution in [0, 0.1) is 0 Å². The van der Waals surface area contributed by atoms with Crippen molar-refractivity contribution < 1.29 is 48.5 Å². The van der Waals surface area contributed by atoms with Gasteiger partial charge in [0, 0.05) is 35.5 Å². The number of hydrogen-bond donors (Lipinski definition) is 2. The van der Waals surface area contributed by atoms with E-state index in [1.54, 1.807) is 0 Å². The van der Waals surface area contributed by atoms with E-state index in [0.717, 1.165) is 13.8 Å². The van der Waals surface area contributed by atoms with Crippen LogP contribution in [-0.2, 0) is 38.2 Å². The summed E-state index contributed by atoms with van der Waals surface area (Å²) in [5, 5.41) is 16.8. The van der Waals surface area contributed by atoms with Crippen LogP contribution in [0.3, 0.4) is 0 Å². The quantitative estimate of drug-likeness (QED) is 0.374. The van der Waals surface area contributed by atoms with E-state index in [0.29, 0.717) is 24.3 Å². The van der Waals surface area contributed by atoms with Crippen molar-refractivity contribution in [2.75, 3.05) is 0 Å². The van der Waals surface area contributed by atoms with E-state index in [2.05, 4.69) is 9.47 Å². The van der Waals surface area contributed by atoms with Crippen LogP contribution >= 0.6 is 0 Å². The molecular formula is C14H12O10. The van der Waals surface area contributed by atoms with Gasteiger partial charge < -0.3 is 19.7 Å². The monoisotopic (exact) mass is 340 g/mol. The molecule has 2 N–H and O–H groups in total. The van der Waals surface area contributed by atoms with Gasteiger partial charge in [-0.2, -0.15) is 0 Å². The minimum atomic E-state index is -1.42. The summed E-state index contributed by atoms with van der Waals surface area (Å²) in [5.41, 5.74) is -0.729. The van der Waals surface area contributed by atoms with Crippen molar-refractivity contribution >= 4 is 35.8 Å². The standard InChI is InChI=1S/C14H12O10/c1-7(5-9(15)16)13(21)23-11(19)3-4-12(20)24-14(22)8(2)6-10(17)18/h3-6H,1-2H3,(H,15,16)(H,17,18)/b4-3-,7-5-,8-6-. The number of carboxylic acid groups (broad SMARTS) is 2. The second-order valence-electron chi connectivity index (χ2n) is 4.08. The lowest BCUT2D eigenvalue weighted by atomic mass is 10.3. The van der Waals surface area contributed by atoms with Crippen LogP contribution in [0.2, 0.25) is 0 Å². The molecule has 0 heterocycles. The Hall–Kier alpha value is -3.56. The molecule has 0 atom stereocenters. The molecule has 0 aliphatic carbocycles. The van der Waals surface area contributed by atoms with Crippen LogP contribution in [0.4, 0.5) is 0 Å². The number of hydrogen-bond acceptors (Lipinski definition) is 8. The molecule has 0 aromatic carbocycles. The summed E-state index contributed by atoms with van der Waals surface area (Å²) in [6.07, 6.45) is 1.98. The molecule has 0 aliphatic heterocycles. The second-order valence-corrected chi connectivity index (χ2v) is 4.08. The van der Waals surface area contributed by atoms with Gasteiger partial charge in [0.2, 0.25) is 0 Å². The van der Waals surface area contributed by atoms with E-state index in [9.17, 15) is 28.8 Å². The number of carboxylic acids is 2. The van der Waals surface area contributed by atoms with E-state index in [1.165, 1.54) is 0 Å². The zero-order chi connectivity index (χ0) is 18.9. The van der Waals surface area contributed by atoms with E-state index < -0.39 is 35.8 Å². The molecule has 0 spiro atoms. The van der Waals surface area contributed by atoms with E-state index >= 15 is 0 Å². The van der Waals surface area contributed by atoms with Crippen molar-refractivity contribution in [1.29, 1.82) is 0 Å². The molecule has 0 radical (unpaired) electrons. The van der Waals surface area contributed by atoms with Gasteiger partial charge in [-0.1, -0.05) is 0 Å². The van der Waals surface area contributed by atoms with E-state index in [-0.39, 0.29) is 11.1 Å². The van der Waals surface area contributed by atoms with E-state index in [1.807, 2.05) is 0 Å². The van der Waals surface area contributed by atoms with E-state index in [4.69, 9.17) is 10.2 Å². The van der Waals surface area contributed by atoms with Crippen LogP contribution in [0.1, 0.15) is 13.8 Å². The molecule has 10 nitrogen and oxygen atoms in total. The molecule has 0 aromatic heterocycles. The summed E-state index contributed by atoms with van der Waals surface area (Å²) < 4.78 is 8.38. The van der Waals surface area contributed by atoms with Gasteiger partial charge in [-0.3, -0.25) is 0 Å². The van der Waals surface area contributed by atoms with Crippen molar-refractivity contribution in [3.05, 3.63) is 35.5 Å². The third-order valence-electron chi connectivity index (χ3n) is 2.07. The van der Waals surface area contributed by atoms with Gasteiger partial charge in [-0.05, 0) is 13.8 Å². The van der Waals surface area contributed by atoms with Crippen LogP contribution in [0.25, 0.3) is 0 Å². The summed E-state index contributed by atoms with van der Waals surface area (Å²) in [7, 11) is 0. The zero-order valence-electron chi connectivity index (χ0n) is 12.5. The molecule has 0 rings (SSSR count). The summed E-state index contributed by atoms with van der Waals surface area (Å²) in [6, 6.07) is 0. The molecule has 0 aromatic rings. The second kappa shape index (κ2) is 9.46. The first-order valence-electron chi connectivity index (χ1n) is 6.05. The molecule has 0 saturated carbocycles. The smallest absolute Gasteiger partial charge is 0.341 e. The topological polar surface area (TPSA) is 161 Å². The van der Waals surface area contributed by atoms with Gasteiger partial charge in [0.05, 0.1) is 0 Å². The normalized spacial score (nSPS) is 11.8. The highest BCUT2D eigenvalue weighted by Crippen LogP contribution is 2.00. The fourth-order valence-corrected chi connectivity index (χ4v) is 1.04. The number of ether oxygens (including phenoxy) is 2. The average Bonchev–Trinajstić information content (AvgIpc) is 2.43. The largest absolute Gasteiger partial charge is 0.478 e. The van der Waals surface area contributed by atoms with Crippen LogP contribution < -0.4 is 0 Å². The molecule has 0 amide bonds.